The molecular formula is C59H40N2O. The molecule has 4 aliphatic rings. The lowest BCUT2D eigenvalue weighted by molar-refractivity contribution is 0.365. The molecule has 3 aliphatic heterocycles. The molecule has 1 fully saturated rings. The van der Waals surface area contributed by atoms with Crippen molar-refractivity contribution in [3.05, 3.63) is 269 Å². The zero-order valence-corrected chi connectivity index (χ0v) is 33.9. The summed E-state index contributed by atoms with van der Waals surface area (Å²) in [4.78, 5) is 0. The van der Waals surface area contributed by atoms with Gasteiger partial charge in [-0.15, -0.1) is 0 Å². The van der Waals surface area contributed by atoms with Crippen LogP contribution in [0.2, 0.25) is 0 Å². The van der Waals surface area contributed by atoms with E-state index in [0.717, 1.165) is 11.5 Å². The maximum atomic E-state index is 6.70. The minimum atomic E-state index is -0.575. The third-order valence-corrected chi connectivity index (χ3v) is 13.5. The number of nitrogens with zero attached hydrogens (tertiary/aromatic N) is 2. The highest BCUT2D eigenvalue weighted by molar-refractivity contribution is 5.92. The van der Waals surface area contributed by atoms with Crippen molar-refractivity contribution in [3.63, 3.8) is 0 Å². The SMILES string of the molecule is C1=C(c2cccc(-c3ccc4c(c3)C3(c5ccccc5Oc5ccccc53)c3cc(-c5ccccc5)ccc3-4)c2)N2C(c3ccccc3)N2C1c1ccc(-c2ccccc2)cc1. The highest BCUT2D eigenvalue weighted by Gasteiger charge is 2.56. The Morgan fingerprint density at radius 1 is 0.355 bits per heavy atom. The Morgan fingerprint density at radius 3 is 1.45 bits per heavy atom. The van der Waals surface area contributed by atoms with Gasteiger partial charge in [-0.1, -0.05) is 194 Å². The first-order chi connectivity index (χ1) is 30.7. The Kier molecular flexibility index (Phi) is 7.72. The van der Waals surface area contributed by atoms with Crippen LogP contribution >= 0.6 is 0 Å². The number of rotatable bonds is 6. The fourth-order valence-corrected chi connectivity index (χ4v) is 10.7. The van der Waals surface area contributed by atoms with Crippen LogP contribution in [-0.4, -0.2) is 10.0 Å². The van der Waals surface area contributed by atoms with Crippen LogP contribution in [0.15, 0.2) is 231 Å². The summed E-state index contributed by atoms with van der Waals surface area (Å²) in [6.45, 7) is 0. The molecule has 13 rings (SSSR count). The molecule has 1 spiro atoms. The summed E-state index contributed by atoms with van der Waals surface area (Å²) in [7, 11) is 0. The Hall–Kier alpha value is -7.72. The number of ether oxygens (including phenoxy) is 1. The second-order valence-corrected chi connectivity index (χ2v) is 16.8. The predicted molar refractivity (Wildman–Crippen MR) is 250 cm³/mol. The maximum Gasteiger partial charge on any atom is 0.141 e. The number of fused-ring (bicyclic) bond motifs is 10. The summed E-state index contributed by atoms with van der Waals surface area (Å²) >= 11 is 0. The van der Waals surface area contributed by atoms with Crippen LogP contribution in [0.5, 0.6) is 11.5 Å². The molecule has 3 nitrogen and oxygen atoms in total. The van der Waals surface area contributed by atoms with E-state index in [1.165, 1.54) is 89.1 Å². The molecule has 3 atom stereocenters. The van der Waals surface area contributed by atoms with Crippen LogP contribution in [-0.2, 0) is 5.41 Å². The molecule has 3 heteroatoms. The topological polar surface area (TPSA) is 15.2 Å². The van der Waals surface area contributed by atoms with Crippen molar-refractivity contribution in [2.75, 3.05) is 0 Å². The van der Waals surface area contributed by atoms with Crippen LogP contribution in [0.1, 0.15) is 51.2 Å². The van der Waals surface area contributed by atoms with Crippen molar-refractivity contribution in [1.29, 1.82) is 0 Å². The Morgan fingerprint density at radius 2 is 0.823 bits per heavy atom. The van der Waals surface area contributed by atoms with Gasteiger partial charge in [-0.05, 0) is 109 Å². The van der Waals surface area contributed by atoms with E-state index in [9.17, 15) is 0 Å². The number of para-hydroxylation sites is 2. The van der Waals surface area contributed by atoms with Gasteiger partial charge in [-0.3, -0.25) is 5.01 Å². The van der Waals surface area contributed by atoms with E-state index in [2.05, 4.69) is 241 Å². The van der Waals surface area contributed by atoms with Gasteiger partial charge in [0.2, 0.25) is 0 Å². The average molecular weight is 793 g/mol. The van der Waals surface area contributed by atoms with Gasteiger partial charge in [0.25, 0.3) is 0 Å². The first kappa shape index (κ1) is 35.1. The molecule has 0 N–H and O–H groups in total. The molecule has 62 heavy (non-hydrogen) atoms. The normalized spacial score (nSPS) is 18.2. The van der Waals surface area contributed by atoms with Gasteiger partial charge in [0.15, 0.2) is 0 Å². The zero-order valence-electron chi connectivity index (χ0n) is 33.9. The van der Waals surface area contributed by atoms with Crippen LogP contribution in [0.3, 0.4) is 0 Å². The summed E-state index contributed by atoms with van der Waals surface area (Å²) in [6, 6.07) is 82.1. The van der Waals surface area contributed by atoms with Gasteiger partial charge in [0.1, 0.15) is 17.7 Å². The Bertz CT molecular complexity index is 3180. The molecule has 292 valence electrons. The van der Waals surface area contributed by atoms with Crippen LogP contribution in [0.4, 0.5) is 0 Å². The van der Waals surface area contributed by atoms with Gasteiger partial charge in [0, 0.05) is 11.1 Å². The van der Waals surface area contributed by atoms with Crippen molar-refractivity contribution in [2.24, 2.45) is 0 Å². The van der Waals surface area contributed by atoms with E-state index in [1.54, 1.807) is 0 Å². The Labute approximate surface area is 362 Å². The summed E-state index contributed by atoms with van der Waals surface area (Å²) in [6.07, 6.45) is 2.62. The fourth-order valence-electron chi connectivity index (χ4n) is 10.7. The smallest absolute Gasteiger partial charge is 0.141 e. The lowest BCUT2D eigenvalue weighted by Gasteiger charge is -2.39. The molecule has 0 radical (unpaired) electrons. The minimum Gasteiger partial charge on any atom is -0.457 e. The largest absolute Gasteiger partial charge is 0.457 e. The van der Waals surface area contributed by atoms with E-state index >= 15 is 0 Å². The zero-order chi connectivity index (χ0) is 40.8. The summed E-state index contributed by atoms with van der Waals surface area (Å²) in [5.74, 6) is 1.80. The molecule has 0 saturated carbocycles. The first-order valence-corrected chi connectivity index (χ1v) is 21.6. The van der Waals surface area contributed by atoms with Crippen molar-refractivity contribution < 1.29 is 4.74 Å². The summed E-state index contributed by atoms with van der Waals surface area (Å²) in [5, 5.41) is 5.01. The molecule has 0 bridgehead atoms. The lowest BCUT2D eigenvalue weighted by Crippen LogP contribution is -2.32. The highest BCUT2D eigenvalue weighted by Crippen LogP contribution is 2.63. The quantitative estimate of drug-likeness (QED) is 0.156. The monoisotopic (exact) mass is 792 g/mol. The van der Waals surface area contributed by atoms with Crippen LogP contribution in [0.25, 0.3) is 50.2 Å². The molecule has 1 aliphatic carbocycles. The van der Waals surface area contributed by atoms with Gasteiger partial charge in [0.05, 0.1) is 17.2 Å². The minimum absolute atomic E-state index is 0.122. The van der Waals surface area contributed by atoms with Crippen LogP contribution in [0, 0.1) is 0 Å². The van der Waals surface area contributed by atoms with E-state index in [-0.39, 0.29) is 12.2 Å². The summed E-state index contributed by atoms with van der Waals surface area (Å²) in [5.41, 5.74) is 19.2. The number of hydrogen-bond donors (Lipinski definition) is 0. The van der Waals surface area contributed by atoms with Crippen LogP contribution < -0.4 is 4.74 Å². The fraction of sp³-hybridized carbons (Fsp3) is 0.0508. The third-order valence-electron chi connectivity index (χ3n) is 13.5. The molecule has 0 amide bonds. The molecular weight excluding hydrogens is 753 g/mol. The van der Waals surface area contributed by atoms with E-state index in [1.807, 2.05) is 0 Å². The van der Waals surface area contributed by atoms with Gasteiger partial charge in [-0.2, -0.15) is 5.01 Å². The molecule has 0 aromatic heterocycles. The van der Waals surface area contributed by atoms with Gasteiger partial charge >= 0.3 is 0 Å². The first-order valence-electron chi connectivity index (χ1n) is 21.6. The van der Waals surface area contributed by atoms with Crippen molar-refractivity contribution >= 4 is 5.70 Å². The third kappa shape index (κ3) is 5.22. The average Bonchev–Trinajstić information content (AvgIpc) is 3.85. The number of benzene rings is 9. The Balaban J connectivity index is 0.943. The van der Waals surface area contributed by atoms with Crippen molar-refractivity contribution in [1.82, 2.24) is 10.0 Å². The van der Waals surface area contributed by atoms with E-state index in [0.29, 0.717) is 0 Å². The second kappa shape index (κ2) is 13.7. The van der Waals surface area contributed by atoms with Gasteiger partial charge < -0.3 is 4.74 Å². The second-order valence-electron chi connectivity index (χ2n) is 16.8. The number of hydrogen-bond acceptors (Lipinski definition) is 3. The lowest BCUT2D eigenvalue weighted by atomic mass is 9.65. The predicted octanol–water partition coefficient (Wildman–Crippen LogP) is 14.5. The summed E-state index contributed by atoms with van der Waals surface area (Å²) < 4.78 is 6.70. The van der Waals surface area contributed by atoms with E-state index in [4.69, 9.17) is 4.74 Å². The molecule has 3 unspecified atom stereocenters. The molecule has 9 aromatic rings. The van der Waals surface area contributed by atoms with Gasteiger partial charge in [-0.25, -0.2) is 0 Å². The maximum absolute atomic E-state index is 6.70. The van der Waals surface area contributed by atoms with Crippen molar-refractivity contribution in [3.8, 4) is 56.0 Å². The standard InChI is InChI=1S/C59H40N2O/c1-4-15-39(16-5-1)41-27-29-42(30-28-41)54-38-55(61-58(60(54)61)43-19-8-3-9-20-43)47-22-14-21-44(35-47)46-32-34-49-48-33-31-45(40-17-6-2-7-18-40)36-52(48)59(53(49)37-46)50-23-10-12-25-56(50)62-57-26-13-11-24-51(57)59/h1-38,54,58H. The molecule has 1 saturated heterocycles. The molecule has 9 aromatic carbocycles. The highest BCUT2D eigenvalue weighted by atomic mass is 16.5. The number of hydrazine groups is 1. The molecule has 3 heterocycles. The van der Waals surface area contributed by atoms with Crippen molar-refractivity contribution in [2.45, 2.75) is 17.6 Å². The van der Waals surface area contributed by atoms with E-state index < -0.39 is 5.41 Å².